The van der Waals surface area contributed by atoms with Crippen LogP contribution in [-0.4, -0.2) is 27.9 Å². The molecule has 0 saturated heterocycles. The SMILES string of the molecule is O=C(O)NC1(c2cc(F)cnc2OCc2ccccc2)CC1CCO. The van der Waals surface area contributed by atoms with Crippen molar-refractivity contribution in [3.05, 3.63) is 59.5 Å². The largest absolute Gasteiger partial charge is 0.473 e. The second-order valence-electron chi connectivity index (χ2n) is 6.10. The van der Waals surface area contributed by atoms with Crippen LogP contribution in [0, 0.1) is 11.7 Å². The molecule has 7 heteroatoms. The molecular weight excluding hydrogens is 327 g/mol. The van der Waals surface area contributed by atoms with Crippen LogP contribution in [0.25, 0.3) is 0 Å². The number of carbonyl (C=O) groups is 1. The van der Waals surface area contributed by atoms with Gasteiger partial charge in [0.1, 0.15) is 12.4 Å². The van der Waals surface area contributed by atoms with Crippen LogP contribution < -0.4 is 10.1 Å². The lowest BCUT2D eigenvalue weighted by Gasteiger charge is -2.21. The van der Waals surface area contributed by atoms with Gasteiger partial charge in [0.05, 0.1) is 11.7 Å². The summed E-state index contributed by atoms with van der Waals surface area (Å²) in [5.41, 5.74) is 0.308. The second kappa shape index (κ2) is 7.06. The predicted molar refractivity (Wildman–Crippen MR) is 87.6 cm³/mol. The molecule has 3 N–H and O–H groups in total. The molecule has 2 atom stereocenters. The average molecular weight is 346 g/mol. The highest BCUT2D eigenvalue weighted by Gasteiger charge is 2.58. The van der Waals surface area contributed by atoms with E-state index in [0.29, 0.717) is 18.4 Å². The van der Waals surface area contributed by atoms with E-state index in [1.165, 1.54) is 6.07 Å². The lowest BCUT2D eigenvalue weighted by Crippen LogP contribution is -2.36. The number of aliphatic hydroxyl groups is 1. The number of amides is 1. The number of nitrogens with one attached hydrogen (secondary N) is 1. The number of aromatic nitrogens is 1. The van der Waals surface area contributed by atoms with E-state index in [-0.39, 0.29) is 25.0 Å². The van der Waals surface area contributed by atoms with Crippen molar-refractivity contribution in [2.24, 2.45) is 5.92 Å². The number of benzene rings is 1. The Balaban J connectivity index is 1.88. The zero-order valence-electron chi connectivity index (χ0n) is 13.5. The molecule has 2 unspecified atom stereocenters. The zero-order chi connectivity index (χ0) is 17.9. The molecule has 1 aromatic carbocycles. The minimum Gasteiger partial charge on any atom is -0.473 e. The fourth-order valence-electron chi connectivity index (χ4n) is 3.16. The van der Waals surface area contributed by atoms with Gasteiger partial charge < -0.3 is 20.3 Å². The fraction of sp³-hybridized carbons (Fsp3) is 0.333. The van der Waals surface area contributed by atoms with E-state index in [2.05, 4.69) is 10.3 Å². The van der Waals surface area contributed by atoms with E-state index >= 15 is 0 Å². The number of carboxylic acid groups (broad SMARTS) is 1. The first kappa shape index (κ1) is 17.2. The highest BCUT2D eigenvalue weighted by atomic mass is 19.1. The number of hydrogen-bond acceptors (Lipinski definition) is 4. The first-order valence-corrected chi connectivity index (χ1v) is 8.00. The third-order valence-electron chi connectivity index (χ3n) is 4.43. The number of hydrogen-bond donors (Lipinski definition) is 3. The van der Waals surface area contributed by atoms with Crippen molar-refractivity contribution in [3.8, 4) is 5.88 Å². The molecule has 25 heavy (non-hydrogen) atoms. The summed E-state index contributed by atoms with van der Waals surface area (Å²) in [4.78, 5) is 15.2. The topological polar surface area (TPSA) is 91.7 Å². The van der Waals surface area contributed by atoms with Gasteiger partial charge in [-0.3, -0.25) is 0 Å². The first-order valence-electron chi connectivity index (χ1n) is 8.00. The van der Waals surface area contributed by atoms with Gasteiger partial charge in [0, 0.05) is 12.2 Å². The fourth-order valence-corrected chi connectivity index (χ4v) is 3.16. The van der Waals surface area contributed by atoms with Crippen molar-refractivity contribution in [2.75, 3.05) is 6.61 Å². The summed E-state index contributed by atoms with van der Waals surface area (Å²) in [6.45, 7) is 0.164. The van der Waals surface area contributed by atoms with Gasteiger partial charge in [0.15, 0.2) is 0 Å². The van der Waals surface area contributed by atoms with Crippen LogP contribution in [-0.2, 0) is 12.1 Å². The standard InChI is InChI=1S/C18H19FN2O4/c19-14-8-15(18(21-17(23)24)9-13(18)6-7-22)16(20-10-14)25-11-12-4-2-1-3-5-12/h1-5,8,10,13,21-22H,6-7,9,11H2,(H,23,24). The van der Waals surface area contributed by atoms with Gasteiger partial charge in [0.25, 0.3) is 0 Å². The van der Waals surface area contributed by atoms with Crippen molar-refractivity contribution in [1.29, 1.82) is 0 Å². The Labute approximate surface area is 144 Å². The molecule has 0 bridgehead atoms. The molecule has 2 aromatic rings. The Morgan fingerprint density at radius 1 is 1.40 bits per heavy atom. The summed E-state index contributed by atoms with van der Waals surface area (Å²) in [6.07, 6.45) is 0.710. The van der Waals surface area contributed by atoms with E-state index in [0.717, 1.165) is 11.8 Å². The number of halogens is 1. The molecule has 6 nitrogen and oxygen atoms in total. The van der Waals surface area contributed by atoms with Crippen LogP contribution >= 0.6 is 0 Å². The van der Waals surface area contributed by atoms with Crippen LogP contribution in [0.5, 0.6) is 5.88 Å². The minimum absolute atomic E-state index is 0.0728. The maximum atomic E-state index is 13.8. The average Bonchev–Trinajstić information content (AvgIpc) is 3.27. The molecule has 1 aliphatic rings. The van der Waals surface area contributed by atoms with Crippen LogP contribution in [0.2, 0.25) is 0 Å². The quantitative estimate of drug-likeness (QED) is 0.717. The molecular formula is C18H19FN2O4. The van der Waals surface area contributed by atoms with Gasteiger partial charge in [-0.15, -0.1) is 0 Å². The summed E-state index contributed by atoms with van der Waals surface area (Å²) in [5.74, 6) is -0.501. The maximum absolute atomic E-state index is 13.8. The van der Waals surface area contributed by atoms with Crippen LogP contribution in [0.1, 0.15) is 24.0 Å². The number of nitrogens with zero attached hydrogens (tertiary/aromatic N) is 1. The molecule has 0 spiro atoms. The molecule has 1 heterocycles. The molecule has 1 aliphatic carbocycles. The van der Waals surface area contributed by atoms with E-state index in [4.69, 9.17) is 9.84 Å². The molecule has 3 rings (SSSR count). The summed E-state index contributed by atoms with van der Waals surface area (Å²) in [7, 11) is 0. The van der Waals surface area contributed by atoms with Gasteiger partial charge in [-0.2, -0.15) is 0 Å². The Morgan fingerprint density at radius 2 is 2.16 bits per heavy atom. The lowest BCUT2D eigenvalue weighted by molar-refractivity contribution is 0.184. The lowest BCUT2D eigenvalue weighted by atomic mass is 10.0. The molecule has 0 radical (unpaired) electrons. The summed E-state index contributed by atoms with van der Waals surface area (Å²) in [6, 6.07) is 10.7. The third-order valence-corrected chi connectivity index (χ3v) is 4.43. The van der Waals surface area contributed by atoms with Crippen LogP contribution in [0.4, 0.5) is 9.18 Å². The predicted octanol–water partition coefficient (Wildman–Crippen LogP) is 2.66. The van der Waals surface area contributed by atoms with E-state index in [9.17, 15) is 14.3 Å². The number of aliphatic hydroxyl groups excluding tert-OH is 1. The number of pyridine rings is 1. The summed E-state index contributed by atoms with van der Waals surface area (Å²) < 4.78 is 19.5. The Hall–Kier alpha value is -2.67. The highest BCUT2D eigenvalue weighted by Crippen LogP contribution is 2.55. The molecule has 0 aliphatic heterocycles. The van der Waals surface area contributed by atoms with Gasteiger partial charge in [-0.1, -0.05) is 30.3 Å². The molecule has 132 valence electrons. The Kier molecular flexibility index (Phi) is 4.85. The van der Waals surface area contributed by atoms with Crippen molar-refractivity contribution >= 4 is 6.09 Å². The normalized spacial score (nSPS) is 21.6. The molecule has 1 aromatic heterocycles. The minimum atomic E-state index is -1.21. The first-order chi connectivity index (χ1) is 12.0. The summed E-state index contributed by atoms with van der Waals surface area (Å²) in [5, 5.41) is 20.8. The highest BCUT2D eigenvalue weighted by molar-refractivity contribution is 5.67. The van der Waals surface area contributed by atoms with Gasteiger partial charge in [0.2, 0.25) is 5.88 Å². The molecule has 1 fully saturated rings. The van der Waals surface area contributed by atoms with Gasteiger partial charge >= 0.3 is 6.09 Å². The monoisotopic (exact) mass is 346 g/mol. The maximum Gasteiger partial charge on any atom is 0.405 e. The van der Waals surface area contributed by atoms with Gasteiger partial charge in [-0.05, 0) is 30.4 Å². The van der Waals surface area contributed by atoms with Crippen LogP contribution in [0.15, 0.2) is 42.6 Å². The van der Waals surface area contributed by atoms with E-state index in [1.807, 2.05) is 30.3 Å². The Bertz CT molecular complexity index is 756. The molecule has 1 saturated carbocycles. The van der Waals surface area contributed by atoms with Crippen molar-refractivity contribution in [1.82, 2.24) is 10.3 Å². The zero-order valence-corrected chi connectivity index (χ0v) is 13.5. The van der Waals surface area contributed by atoms with Gasteiger partial charge in [-0.25, -0.2) is 14.2 Å². The van der Waals surface area contributed by atoms with Crippen molar-refractivity contribution in [2.45, 2.75) is 25.0 Å². The summed E-state index contributed by atoms with van der Waals surface area (Å²) >= 11 is 0. The Morgan fingerprint density at radius 3 is 2.84 bits per heavy atom. The van der Waals surface area contributed by atoms with Crippen molar-refractivity contribution < 1.29 is 24.1 Å². The molecule has 1 amide bonds. The number of rotatable bonds is 7. The smallest absolute Gasteiger partial charge is 0.405 e. The second-order valence-corrected chi connectivity index (χ2v) is 6.10. The third kappa shape index (κ3) is 3.71. The van der Waals surface area contributed by atoms with Crippen LogP contribution in [0.3, 0.4) is 0 Å². The van der Waals surface area contributed by atoms with Crippen molar-refractivity contribution in [3.63, 3.8) is 0 Å². The van der Waals surface area contributed by atoms with E-state index in [1.54, 1.807) is 0 Å². The number of ether oxygens (including phenoxy) is 1. The van der Waals surface area contributed by atoms with E-state index < -0.39 is 17.4 Å².